The molecule has 0 bridgehead atoms. The second kappa shape index (κ2) is 4.79. The molecule has 6 heteroatoms. The standard InChI is InChI=1S/C11H20O6/c1-11(2)16-9-8(14-3)7(4-6(13)5-12)15-10(9)17-11/h6-10,12-13H,4-5H2,1-3H3/t6-,7+,8-,9+,10+/m0/s1. The fourth-order valence-electron chi connectivity index (χ4n) is 2.36. The van der Waals surface area contributed by atoms with Gasteiger partial charge in [-0.2, -0.15) is 0 Å². The van der Waals surface area contributed by atoms with Crippen LogP contribution in [-0.2, 0) is 18.9 Å². The first-order chi connectivity index (χ1) is 7.96. The molecule has 0 spiro atoms. The first-order valence-electron chi connectivity index (χ1n) is 5.79. The first kappa shape index (κ1) is 13.2. The maximum atomic E-state index is 9.43. The van der Waals surface area contributed by atoms with Gasteiger partial charge in [0.05, 0.1) is 18.8 Å². The molecule has 2 heterocycles. The molecule has 2 aliphatic rings. The lowest BCUT2D eigenvalue weighted by Crippen LogP contribution is -2.38. The average Bonchev–Trinajstić information content (AvgIpc) is 2.68. The second-order valence-electron chi connectivity index (χ2n) is 4.92. The van der Waals surface area contributed by atoms with Crippen LogP contribution in [0.5, 0.6) is 0 Å². The fourth-order valence-corrected chi connectivity index (χ4v) is 2.36. The van der Waals surface area contributed by atoms with Gasteiger partial charge in [-0.15, -0.1) is 0 Å². The molecule has 0 radical (unpaired) electrons. The Kier molecular flexibility index (Phi) is 3.72. The molecule has 0 aromatic heterocycles. The molecule has 0 aromatic rings. The van der Waals surface area contributed by atoms with Gasteiger partial charge in [-0.25, -0.2) is 0 Å². The Morgan fingerprint density at radius 2 is 2.06 bits per heavy atom. The van der Waals surface area contributed by atoms with E-state index in [4.69, 9.17) is 24.1 Å². The van der Waals surface area contributed by atoms with E-state index in [0.29, 0.717) is 6.42 Å². The van der Waals surface area contributed by atoms with E-state index < -0.39 is 18.2 Å². The maximum Gasteiger partial charge on any atom is 0.190 e. The minimum atomic E-state index is -0.815. The molecule has 0 aromatic carbocycles. The Morgan fingerprint density at radius 1 is 1.35 bits per heavy atom. The summed E-state index contributed by atoms with van der Waals surface area (Å²) in [7, 11) is 1.57. The van der Waals surface area contributed by atoms with Crippen LogP contribution in [0.1, 0.15) is 20.3 Å². The van der Waals surface area contributed by atoms with Crippen molar-refractivity contribution in [3.05, 3.63) is 0 Å². The third kappa shape index (κ3) is 2.62. The molecule has 5 atom stereocenters. The van der Waals surface area contributed by atoms with Crippen molar-refractivity contribution < 1.29 is 29.2 Å². The summed E-state index contributed by atoms with van der Waals surface area (Å²) in [5.41, 5.74) is 0. The van der Waals surface area contributed by atoms with Crippen LogP contribution in [0.3, 0.4) is 0 Å². The summed E-state index contributed by atoms with van der Waals surface area (Å²) in [6, 6.07) is 0. The van der Waals surface area contributed by atoms with Crippen LogP contribution in [0.4, 0.5) is 0 Å². The van der Waals surface area contributed by atoms with Crippen LogP contribution in [-0.4, -0.2) is 60.4 Å². The molecule has 0 aliphatic carbocycles. The SMILES string of the molecule is CO[C@@H]1[C@H]2OC(C)(C)O[C@H]2O[C@@H]1C[C@H](O)CO. The number of ether oxygens (including phenoxy) is 4. The number of methoxy groups -OCH3 is 1. The molecule has 2 N–H and O–H groups in total. The Labute approximate surface area is 100 Å². The van der Waals surface area contributed by atoms with Crippen LogP contribution < -0.4 is 0 Å². The van der Waals surface area contributed by atoms with E-state index in [1.807, 2.05) is 13.8 Å². The lowest BCUT2D eigenvalue weighted by molar-refractivity contribution is -0.219. The van der Waals surface area contributed by atoms with Gasteiger partial charge in [0.25, 0.3) is 0 Å². The molecule has 0 unspecified atom stereocenters. The van der Waals surface area contributed by atoms with Gasteiger partial charge < -0.3 is 29.2 Å². The van der Waals surface area contributed by atoms with Crippen molar-refractivity contribution >= 4 is 0 Å². The molecule has 0 amide bonds. The van der Waals surface area contributed by atoms with E-state index >= 15 is 0 Å². The Balaban J connectivity index is 2.00. The van der Waals surface area contributed by atoms with Gasteiger partial charge in [-0.3, -0.25) is 0 Å². The van der Waals surface area contributed by atoms with Crippen LogP contribution >= 0.6 is 0 Å². The molecule has 100 valence electrons. The van der Waals surface area contributed by atoms with Gasteiger partial charge in [0.2, 0.25) is 0 Å². The summed E-state index contributed by atoms with van der Waals surface area (Å²) in [5.74, 6) is -0.674. The number of hydrogen-bond acceptors (Lipinski definition) is 6. The average molecular weight is 248 g/mol. The van der Waals surface area contributed by atoms with Gasteiger partial charge in [0.15, 0.2) is 12.1 Å². The highest BCUT2D eigenvalue weighted by molar-refractivity contribution is 4.94. The largest absolute Gasteiger partial charge is 0.394 e. The van der Waals surface area contributed by atoms with Gasteiger partial charge >= 0.3 is 0 Å². The molecule has 6 nitrogen and oxygen atoms in total. The van der Waals surface area contributed by atoms with E-state index in [1.165, 1.54) is 0 Å². The van der Waals surface area contributed by atoms with Gasteiger partial charge in [-0.05, 0) is 13.8 Å². The Bertz CT molecular complexity index is 269. The first-order valence-corrected chi connectivity index (χ1v) is 5.79. The quantitative estimate of drug-likeness (QED) is 0.706. The lowest BCUT2D eigenvalue weighted by atomic mass is 10.0. The van der Waals surface area contributed by atoms with Crippen molar-refractivity contribution in [1.29, 1.82) is 0 Å². The van der Waals surface area contributed by atoms with Crippen LogP contribution in [0, 0.1) is 0 Å². The highest BCUT2D eigenvalue weighted by Crippen LogP contribution is 2.39. The fraction of sp³-hybridized carbons (Fsp3) is 1.00. The maximum absolute atomic E-state index is 9.43. The zero-order chi connectivity index (χ0) is 12.6. The summed E-state index contributed by atoms with van der Waals surface area (Å²) < 4.78 is 22.3. The number of aliphatic hydroxyl groups excluding tert-OH is 2. The van der Waals surface area contributed by atoms with Crippen LogP contribution in [0.25, 0.3) is 0 Å². The third-order valence-corrected chi connectivity index (χ3v) is 3.07. The van der Waals surface area contributed by atoms with E-state index in [1.54, 1.807) is 7.11 Å². The predicted molar refractivity (Wildman–Crippen MR) is 57.2 cm³/mol. The molecule has 2 saturated heterocycles. The van der Waals surface area contributed by atoms with Crippen LogP contribution in [0.15, 0.2) is 0 Å². The minimum Gasteiger partial charge on any atom is -0.394 e. The number of rotatable bonds is 4. The summed E-state index contributed by atoms with van der Waals surface area (Å²) >= 11 is 0. The van der Waals surface area contributed by atoms with Gasteiger partial charge in [0.1, 0.15) is 12.2 Å². The highest BCUT2D eigenvalue weighted by atomic mass is 16.8. The molecule has 17 heavy (non-hydrogen) atoms. The zero-order valence-electron chi connectivity index (χ0n) is 10.3. The van der Waals surface area contributed by atoms with E-state index in [9.17, 15) is 5.11 Å². The Morgan fingerprint density at radius 3 is 2.65 bits per heavy atom. The summed E-state index contributed by atoms with van der Waals surface area (Å²) in [6.45, 7) is 3.34. The normalized spacial score (nSPS) is 41.5. The minimum absolute atomic E-state index is 0.286. The second-order valence-corrected chi connectivity index (χ2v) is 4.92. The monoisotopic (exact) mass is 248 g/mol. The Hall–Kier alpha value is -0.240. The van der Waals surface area contributed by atoms with E-state index in [2.05, 4.69) is 0 Å². The van der Waals surface area contributed by atoms with Gasteiger partial charge in [0, 0.05) is 13.5 Å². The molecule has 0 saturated carbocycles. The molecule has 2 rings (SSSR count). The lowest BCUT2D eigenvalue weighted by Gasteiger charge is -2.25. The van der Waals surface area contributed by atoms with Crippen molar-refractivity contribution in [1.82, 2.24) is 0 Å². The number of fused-ring (bicyclic) bond motifs is 1. The van der Waals surface area contributed by atoms with Crippen molar-refractivity contribution in [3.8, 4) is 0 Å². The van der Waals surface area contributed by atoms with Crippen molar-refractivity contribution in [2.75, 3.05) is 13.7 Å². The topological polar surface area (TPSA) is 77.4 Å². The third-order valence-electron chi connectivity index (χ3n) is 3.07. The van der Waals surface area contributed by atoms with Crippen LogP contribution in [0.2, 0.25) is 0 Å². The summed E-state index contributed by atoms with van der Waals surface area (Å²) in [4.78, 5) is 0. The summed E-state index contributed by atoms with van der Waals surface area (Å²) in [6.07, 6.45) is -1.88. The summed E-state index contributed by atoms with van der Waals surface area (Å²) in [5, 5.41) is 18.3. The highest BCUT2D eigenvalue weighted by Gasteiger charge is 2.55. The van der Waals surface area contributed by atoms with Gasteiger partial charge in [-0.1, -0.05) is 0 Å². The van der Waals surface area contributed by atoms with Crippen molar-refractivity contribution in [3.63, 3.8) is 0 Å². The molecular weight excluding hydrogens is 228 g/mol. The number of aliphatic hydroxyl groups is 2. The molecular formula is C11H20O6. The molecule has 2 aliphatic heterocycles. The predicted octanol–water partition coefficient (Wildman–Crippen LogP) is -0.379. The number of hydrogen-bond donors (Lipinski definition) is 2. The smallest absolute Gasteiger partial charge is 0.190 e. The van der Waals surface area contributed by atoms with Crippen molar-refractivity contribution in [2.45, 2.75) is 56.8 Å². The zero-order valence-corrected chi connectivity index (χ0v) is 10.3. The van der Waals surface area contributed by atoms with E-state index in [-0.39, 0.29) is 24.9 Å². The van der Waals surface area contributed by atoms with E-state index in [0.717, 1.165) is 0 Å². The van der Waals surface area contributed by atoms with Crippen molar-refractivity contribution in [2.24, 2.45) is 0 Å². The molecule has 2 fully saturated rings.